The summed E-state index contributed by atoms with van der Waals surface area (Å²) in [5, 5.41) is 9.67. The normalized spacial score (nSPS) is 10.3. The Kier molecular flexibility index (Phi) is 3.81. The SMILES string of the molecule is Cc1cc(Oc2cc(C(=O)O)c(N)cn2)cc(C)c1Cl. The number of rotatable bonds is 3. The van der Waals surface area contributed by atoms with E-state index >= 15 is 0 Å². The standard InChI is InChI=1S/C14H13ClN2O3/c1-7-3-9(4-8(2)13(7)15)20-12-5-10(14(18)19)11(16)6-17-12/h3-6H,16H2,1-2H3,(H,18,19). The maximum absolute atomic E-state index is 11.0. The highest BCUT2D eigenvalue weighted by Gasteiger charge is 2.11. The fourth-order valence-corrected chi connectivity index (χ4v) is 1.88. The van der Waals surface area contributed by atoms with Crippen LogP contribution in [0.3, 0.4) is 0 Å². The number of nitrogen functional groups attached to an aromatic ring is 1. The molecule has 0 radical (unpaired) electrons. The topological polar surface area (TPSA) is 85.4 Å². The molecule has 0 amide bonds. The number of aryl methyl sites for hydroxylation is 2. The summed E-state index contributed by atoms with van der Waals surface area (Å²) < 4.78 is 5.55. The van der Waals surface area contributed by atoms with E-state index in [9.17, 15) is 4.79 Å². The fraction of sp³-hybridized carbons (Fsp3) is 0.143. The predicted molar refractivity (Wildman–Crippen MR) is 76.6 cm³/mol. The van der Waals surface area contributed by atoms with Gasteiger partial charge in [-0.2, -0.15) is 0 Å². The Balaban J connectivity index is 2.35. The molecule has 3 N–H and O–H groups in total. The van der Waals surface area contributed by atoms with Crippen LogP contribution in [0.25, 0.3) is 0 Å². The van der Waals surface area contributed by atoms with Gasteiger partial charge in [-0.25, -0.2) is 9.78 Å². The number of hydrogen-bond acceptors (Lipinski definition) is 4. The lowest BCUT2D eigenvalue weighted by molar-refractivity contribution is 0.0697. The number of carboxylic acids is 1. The Morgan fingerprint density at radius 1 is 1.30 bits per heavy atom. The van der Waals surface area contributed by atoms with Crippen molar-refractivity contribution in [1.29, 1.82) is 0 Å². The number of anilines is 1. The molecular weight excluding hydrogens is 280 g/mol. The summed E-state index contributed by atoms with van der Waals surface area (Å²) in [7, 11) is 0. The summed E-state index contributed by atoms with van der Waals surface area (Å²) >= 11 is 6.07. The lowest BCUT2D eigenvalue weighted by Gasteiger charge is -2.10. The van der Waals surface area contributed by atoms with Crippen molar-refractivity contribution in [3.05, 3.63) is 46.1 Å². The minimum atomic E-state index is -1.13. The number of nitrogens with two attached hydrogens (primary N) is 1. The Morgan fingerprint density at radius 2 is 1.90 bits per heavy atom. The molecule has 0 bridgehead atoms. The summed E-state index contributed by atoms with van der Waals surface area (Å²) in [4.78, 5) is 15.0. The highest BCUT2D eigenvalue weighted by Crippen LogP contribution is 2.29. The van der Waals surface area contributed by atoms with Crippen LogP contribution < -0.4 is 10.5 Å². The zero-order valence-corrected chi connectivity index (χ0v) is 11.7. The van der Waals surface area contributed by atoms with Gasteiger partial charge in [-0.3, -0.25) is 0 Å². The molecule has 0 spiro atoms. The van der Waals surface area contributed by atoms with Gasteiger partial charge < -0.3 is 15.6 Å². The summed E-state index contributed by atoms with van der Waals surface area (Å²) in [5.41, 5.74) is 7.32. The molecule has 0 atom stereocenters. The number of benzene rings is 1. The van der Waals surface area contributed by atoms with Crippen molar-refractivity contribution in [2.75, 3.05) is 5.73 Å². The minimum Gasteiger partial charge on any atom is -0.478 e. The second-order valence-corrected chi connectivity index (χ2v) is 4.77. The minimum absolute atomic E-state index is 0.0441. The highest BCUT2D eigenvalue weighted by atomic mass is 35.5. The average molecular weight is 293 g/mol. The van der Waals surface area contributed by atoms with Gasteiger partial charge in [0.25, 0.3) is 0 Å². The third-order valence-corrected chi connectivity index (χ3v) is 3.37. The lowest BCUT2D eigenvalue weighted by atomic mass is 10.1. The van der Waals surface area contributed by atoms with Gasteiger partial charge in [-0.15, -0.1) is 0 Å². The highest BCUT2D eigenvalue weighted by molar-refractivity contribution is 6.32. The van der Waals surface area contributed by atoms with E-state index in [0.717, 1.165) is 11.1 Å². The number of pyridine rings is 1. The quantitative estimate of drug-likeness (QED) is 0.905. The van der Waals surface area contributed by atoms with E-state index in [2.05, 4.69) is 4.98 Å². The van der Waals surface area contributed by atoms with Gasteiger partial charge in [0.15, 0.2) is 0 Å². The predicted octanol–water partition coefficient (Wildman–Crippen LogP) is 3.42. The maximum Gasteiger partial charge on any atom is 0.338 e. The first-order chi connectivity index (χ1) is 9.38. The number of aromatic nitrogens is 1. The summed E-state index contributed by atoms with van der Waals surface area (Å²) in [5.74, 6) is -0.422. The van der Waals surface area contributed by atoms with Gasteiger partial charge in [0, 0.05) is 11.1 Å². The molecule has 2 rings (SSSR count). The van der Waals surface area contributed by atoms with Crippen molar-refractivity contribution in [2.24, 2.45) is 0 Å². The maximum atomic E-state index is 11.0. The fourth-order valence-electron chi connectivity index (χ4n) is 1.77. The average Bonchev–Trinajstić information content (AvgIpc) is 2.38. The molecule has 2 aromatic rings. The van der Waals surface area contributed by atoms with Crippen LogP contribution in [-0.2, 0) is 0 Å². The van der Waals surface area contributed by atoms with Crippen molar-refractivity contribution in [3.63, 3.8) is 0 Å². The van der Waals surface area contributed by atoms with Crippen LogP contribution in [0, 0.1) is 13.8 Å². The molecule has 1 aromatic carbocycles. The monoisotopic (exact) mass is 292 g/mol. The number of nitrogens with zero attached hydrogens (tertiary/aromatic N) is 1. The molecule has 1 heterocycles. The van der Waals surface area contributed by atoms with Gasteiger partial charge in [0.2, 0.25) is 5.88 Å². The molecule has 0 aliphatic rings. The van der Waals surface area contributed by atoms with Crippen molar-refractivity contribution in [3.8, 4) is 11.6 Å². The van der Waals surface area contributed by atoms with Crippen molar-refractivity contribution < 1.29 is 14.6 Å². The Morgan fingerprint density at radius 3 is 2.45 bits per heavy atom. The van der Waals surface area contributed by atoms with Gasteiger partial charge >= 0.3 is 5.97 Å². The molecular formula is C14H13ClN2O3. The number of hydrogen-bond donors (Lipinski definition) is 2. The van der Waals surface area contributed by atoms with E-state index in [1.54, 1.807) is 12.1 Å². The zero-order valence-electron chi connectivity index (χ0n) is 11.0. The number of carboxylic acid groups (broad SMARTS) is 1. The molecule has 20 heavy (non-hydrogen) atoms. The number of aromatic carboxylic acids is 1. The van der Waals surface area contributed by atoms with Crippen LogP contribution in [0.2, 0.25) is 5.02 Å². The third kappa shape index (κ3) is 2.83. The number of carbonyl (C=O) groups is 1. The lowest BCUT2D eigenvalue weighted by Crippen LogP contribution is -2.03. The Hall–Kier alpha value is -2.27. The largest absolute Gasteiger partial charge is 0.478 e. The molecule has 1 aromatic heterocycles. The Labute approximate surface area is 121 Å². The van der Waals surface area contributed by atoms with E-state index in [4.69, 9.17) is 27.2 Å². The van der Waals surface area contributed by atoms with E-state index in [1.165, 1.54) is 12.3 Å². The summed E-state index contributed by atoms with van der Waals surface area (Å²) in [6, 6.07) is 4.80. The van der Waals surface area contributed by atoms with Crippen molar-refractivity contribution in [1.82, 2.24) is 4.98 Å². The molecule has 0 aliphatic carbocycles. The first-order valence-electron chi connectivity index (χ1n) is 5.82. The summed E-state index contributed by atoms with van der Waals surface area (Å²) in [6.07, 6.45) is 1.26. The van der Waals surface area contributed by atoms with Crippen LogP contribution in [0.15, 0.2) is 24.4 Å². The Bertz CT molecular complexity index is 663. The van der Waals surface area contributed by atoms with Crippen LogP contribution in [0.5, 0.6) is 11.6 Å². The van der Waals surface area contributed by atoms with Crippen molar-refractivity contribution >= 4 is 23.3 Å². The van der Waals surface area contributed by atoms with E-state index in [-0.39, 0.29) is 17.1 Å². The zero-order chi connectivity index (χ0) is 14.9. The second-order valence-electron chi connectivity index (χ2n) is 4.39. The van der Waals surface area contributed by atoms with E-state index in [0.29, 0.717) is 10.8 Å². The van der Waals surface area contributed by atoms with Crippen LogP contribution in [0.4, 0.5) is 5.69 Å². The molecule has 0 saturated carbocycles. The third-order valence-electron chi connectivity index (χ3n) is 2.77. The summed E-state index contributed by atoms with van der Waals surface area (Å²) in [6.45, 7) is 3.72. The first-order valence-corrected chi connectivity index (χ1v) is 6.19. The van der Waals surface area contributed by atoms with Crippen molar-refractivity contribution in [2.45, 2.75) is 13.8 Å². The molecule has 0 unspecified atom stereocenters. The van der Waals surface area contributed by atoms with Crippen LogP contribution in [0.1, 0.15) is 21.5 Å². The van der Waals surface area contributed by atoms with Gasteiger partial charge in [0.05, 0.1) is 17.4 Å². The van der Waals surface area contributed by atoms with E-state index < -0.39 is 5.97 Å². The molecule has 5 nitrogen and oxygen atoms in total. The van der Waals surface area contributed by atoms with Crippen LogP contribution in [-0.4, -0.2) is 16.1 Å². The molecule has 0 aliphatic heterocycles. The van der Waals surface area contributed by atoms with Gasteiger partial charge in [-0.1, -0.05) is 11.6 Å². The van der Waals surface area contributed by atoms with E-state index in [1.807, 2.05) is 13.8 Å². The number of halogens is 1. The van der Waals surface area contributed by atoms with Gasteiger partial charge in [0.1, 0.15) is 5.75 Å². The molecule has 6 heteroatoms. The molecule has 0 fully saturated rings. The number of ether oxygens (including phenoxy) is 1. The molecule has 104 valence electrons. The first kappa shape index (κ1) is 14.1. The van der Waals surface area contributed by atoms with Gasteiger partial charge in [-0.05, 0) is 37.1 Å². The smallest absolute Gasteiger partial charge is 0.338 e. The molecule has 0 saturated heterocycles. The second kappa shape index (κ2) is 5.38. The van der Waals surface area contributed by atoms with Crippen LogP contribution >= 0.6 is 11.6 Å².